The van der Waals surface area contributed by atoms with Gasteiger partial charge < -0.3 is 14.5 Å². The van der Waals surface area contributed by atoms with Crippen LogP contribution in [0.25, 0.3) is 0 Å². The molecule has 0 radical (unpaired) electrons. The molecule has 0 spiro atoms. The Labute approximate surface area is 196 Å². The number of amides is 1. The Morgan fingerprint density at radius 2 is 1.50 bits per heavy atom. The van der Waals surface area contributed by atoms with Gasteiger partial charge in [0.25, 0.3) is 0 Å². The summed E-state index contributed by atoms with van der Waals surface area (Å²) in [7, 11) is 1.68. The third-order valence-corrected chi connectivity index (χ3v) is 6.68. The molecule has 0 aliphatic carbocycles. The SMILES string of the molecule is COc1ccc(N2CCN(C(=O)CN3CCCN(Cc4ccc(Cl)cc4)CC3)CC2)cc1. The van der Waals surface area contributed by atoms with Crippen molar-refractivity contribution >= 4 is 23.2 Å². The van der Waals surface area contributed by atoms with Gasteiger partial charge in [-0.2, -0.15) is 0 Å². The number of carbonyl (C=O) groups is 1. The highest BCUT2D eigenvalue weighted by Gasteiger charge is 2.24. The van der Waals surface area contributed by atoms with Crippen LogP contribution >= 0.6 is 11.6 Å². The Morgan fingerprint density at radius 3 is 2.19 bits per heavy atom. The lowest BCUT2D eigenvalue weighted by molar-refractivity contribution is -0.132. The van der Waals surface area contributed by atoms with Gasteiger partial charge in [-0.05, 0) is 61.5 Å². The summed E-state index contributed by atoms with van der Waals surface area (Å²) in [6.45, 7) is 8.72. The van der Waals surface area contributed by atoms with Gasteiger partial charge in [0.1, 0.15) is 5.75 Å². The van der Waals surface area contributed by atoms with E-state index in [4.69, 9.17) is 16.3 Å². The van der Waals surface area contributed by atoms with Crippen LogP contribution in [0, 0.1) is 0 Å². The maximum atomic E-state index is 12.9. The quantitative estimate of drug-likeness (QED) is 0.667. The van der Waals surface area contributed by atoms with Crippen molar-refractivity contribution in [2.24, 2.45) is 0 Å². The van der Waals surface area contributed by atoms with Gasteiger partial charge in [0.2, 0.25) is 5.91 Å². The van der Waals surface area contributed by atoms with Crippen LogP contribution in [-0.4, -0.2) is 86.6 Å². The number of nitrogens with zero attached hydrogens (tertiary/aromatic N) is 4. The first-order valence-electron chi connectivity index (χ1n) is 11.5. The van der Waals surface area contributed by atoms with E-state index in [1.54, 1.807) is 7.11 Å². The minimum Gasteiger partial charge on any atom is -0.497 e. The van der Waals surface area contributed by atoms with Gasteiger partial charge in [-0.25, -0.2) is 0 Å². The zero-order chi connectivity index (χ0) is 22.3. The number of hydrogen-bond donors (Lipinski definition) is 0. The fraction of sp³-hybridized carbons (Fsp3) is 0.480. The third-order valence-electron chi connectivity index (χ3n) is 6.43. The molecule has 1 amide bonds. The molecule has 2 fully saturated rings. The molecule has 0 unspecified atom stereocenters. The Morgan fingerprint density at radius 1 is 0.844 bits per heavy atom. The van der Waals surface area contributed by atoms with Gasteiger partial charge in [0.05, 0.1) is 13.7 Å². The van der Waals surface area contributed by atoms with Gasteiger partial charge >= 0.3 is 0 Å². The zero-order valence-corrected chi connectivity index (χ0v) is 19.6. The molecule has 2 saturated heterocycles. The predicted molar refractivity (Wildman–Crippen MR) is 130 cm³/mol. The second-order valence-corrected chi connectivity index (χ2v) is 9.03. The summed E-state index contributed by atoms with van der Waals surface area (Å²) in [5.74, 6) is 1.12. The number of rotatable bonds is 6. The van der Waals surface area contributed by atoms with Crippen LogP contribution in [0.1, 0.15) is 12.0 Å². The number of halogens is 1. The van der Waals surface area contributed by atoms with Crippen LogP contribution in [0.5, 0.6) is 5.75 Å². The second kappa shape index (κ2) is 11.0. The van der Waals surface area contributed by atoms with E-state index in [1.807, 2.05) is 29.2 Å². The molecular formula is C25H33ClN4O2. The normalized spacial score (nSPS) is 18.4. The molecule has 2 aromatic carbocycles. The summed E-state index contributed by atoms with van der Waals surface area (Å²) in [5, 5.41) is 0.777. The summed E-state index contributed by atoms with van der Waals surface area (Å²) >= 11 is 6.00. The first-order chi connectivity index (χ1) is 15.6. The first-order valence-corrected chi connectivity index (χ1v) is 11.8. The van der Waals surface area contributed by atoms with Crippen molar-refractivity contribution in [1.82, 2.24) is 14.7 Å². The highest BCUT2D eigenvalue weighted by atomic mass is 35.5. The van der Waals surface area contributed by atoms with Crippen molar-refractivity contribution in [3.05, 3.63) is 59.1 Å². The molecule has 2 aliphatic rings. The van der Waals surface area contributed by atoms with E-state index in [0.717, 1.165) is 76.1 Å². The molecule has 7 heteroatoms. The zero-order valence-electron chi connectivity index (χ0n) is 18.9. The Balaban J connectivity index is 1.21. The molecule has 0 N–H and O–H groups in total. The van der Waals surface area contributed by atoms with Gasteiger partial charge in [-0.3, -0.25) is 14.6 Å². The van der Waals surface area contributed by atoms with Crippen LogP contribution in [0.3, 0.4) is 0 Å². The van der Waals surface area contributed by atoms with Crippen molar-refractivity contribution in [2.75, 3.05) is 70.9 Å². The van der Waals surface area contributed by atoms with Crippen molar-refractivity contribution < 1.29 is 9.53 Å². The number of piperazine rings is 1. The smallest absolute Gasteiger partial charge is 0.236 e. The molecule has 0 atom stereocenters. The second-order valence-electron chi connectivity index (χ2n) is 8.60. The number of benzene rings is 2. The maximum absolute atomic E-state index is 12.9. The van der Waals surface area contributed by atoms with Crippen LogP contribution in [0.4, 0.5) is 5.69 Å². The Hall–Kier alpha value is -2.28. The average molecular weight is 457 g/mol. The largest absolute Gasteiger partial charge is 0.497 e. The molecule has 6 nitrogen and oxygen atoms in total. The highest BCUT2D eigenvalue weighted by Crippen LogP contribution is 2.20. The standard InChI is InChI=1S/C25H33ClN4O2/c1-32-24-9-7-23(8-10-24)29-15-17-30(18-16-29)25(31)20-28-12-2-11-27(13-14-28)19-21-3-5-22(26)6-4-21/h3-10H,2,11-20H2,1H3. The molecule has 2 heterocycles. The molecule has 2 aromatic rings. The van der Waals surface area contributed by atoms with E-state index < -0.39 is 0 Å². The summed E-state index contributed by atoms with van der Waals surface area (Å²) < 4.78 is 5.24. The van der Waals surface area contributed by atoms with E-state index in [2.05, 4.69) is 39.0 Å². The lowest BCUT2D eigenvalue weighted by atomic mass is 10.2. The first kappa shape index (κ1) is 22.9. The third kappa shape index (κ3) is 6.15. The molecule has 32 heavy (non-hydrogen) atoms. The van der Waals surface area contributed by atoms with E-state index in [-0.39, 0.29) is 5.91 Å². The molecule has 172 valence electrons. The van der Waals surface area contributed by atoms with E-state index in [9.17, 15) is 4.79 Å². The molecule has 0 saturated carbocycles. The van der Waals surface area contributed by atoms with Crippen LogP contribution < -0.4 is 9.64 Å². The van der Waals surface area contributed by atoms with E-state index in [1.165, 1.54) is 11.3 Å². The van der Waals surface area contributed by atoms with Crippen LogP contribution in [0.2, 0.25) is 5.02 Å². The van der Waals surface area contributed by atoms with E-state index >= 15 is 0 Å². The summed E-state index contributed by atoms with van der Waals surface area (Å²) in [6, 6.07) is 16.2. The minimum atomic E-state index is 0.255. The topological polar surface area (TPSA) is 39.3 Å². The number of anilines is 1. The van der Waals surface area contributed by atoms with Gasteiger partial charge in [-0.15, -0.1) is 0 Å². The van der Waals surface area contributed by atoms with Crippen molar-refractivity contribution in [2.45, 2.75) is 13.0 Å². The van der Waals surface area contributed by atoms with Crippen molar-refractivity contribution in [3.8, 4) is 5.75 Å². The Bertz CT molecular complexity index is 867. The average Bonchev–Trinajstić information content (AvgIpc) is 3.05. The summed E-state index contributed by atoms with van der Waals surface area (Å²) in [5.41, 5.74) is 2.47. The number of methoxy groups -OCH3 is 1. The van der Waals surface area contributed by atoms with Gasteiger partial charge in [0, 0.05) is 56.5 Å². The summed E-state index contributed by atoms with van der Waals surface area (Å²) in [4.78, 5) is 22.1. The highest BCUT2D eigenvalue weighted by molar-refractivity contribution is 6.30. The van der Waals surface area contributed by atoms with Crippen molar-refractivity contribution in [1.29, 1.82) is 0 Å². The monoisotopic (exact) mass is 456 g/mol. The van der Waals surface area contributed by atoms with Crippen LogP contribution in [-0.2, 0) is 11.3 Å². The predicted octanol–water partition coefficient (Wildman–Crippen LogP) is 3.21. The maximum Gasteiger partial charge on any atom is 0.236 e. The fourth-order valence-electron chi connectivity index (χ4n) is 4.49. The molecule has 4 rings (SSSR count). The number of carbonyl (C=O) groups excluding carboxylic acids is 1. The van der Waals surface area contributed by atoms with E-state index in [0.29, 0.717) is 6.54 Å². The molecular weight excluding hydrogens is 424 g/mol. The molecule has 2 aliphatic heterocycles. The van der Waals surface area contributed by atoms with Gasteiger partial charge in [-0.1, -0.05) is 23.7 Å². The molecule has 0 bridgehead atoms. The number of ether oxygens (including phenoxy) is 1. The minimum absolute atomic E-state index is 0.255. The fourth-order valence-corrected chi connectivity index (χ4v) is 4.61. The van der Waals surface area contributed by atoms with Gasteiger partial charge in [0.15, 0.2) is 0 Å². The lowest BCUT2D eigenvalue weighted by Crippen LogP contribution is -2.51. The van der Waals surface area contributed by atoms with Crippen molar-refractivity contribution in [3.63, 3.8) is 0 Å². The lowest BCUT2D eigenvalue weighted by Gasteiger charge is -2.37. The number of hydrogen-bond acceptors (Lipinski definition) is 5. The summed E-state index contributed by atoms with van der Waals surface area (Å²) in [6.07, 6.45) is 1.09. The van der Waals surface area contributed by atoms with Crippen LogP contribution in [0.15, 0.2) is 48.5 Å². The molecule has 0 aromatic heterocycles. The Kier molecular flexibility index (Phi) is 7.90.